The Kier molecular flexibility index (Phi) is 12.2. The minimum absolute atomic E-state index is 0. The Hall–Kier alpha value is -5.02. The smallest absolute Gasteiger partial charge is 0.0795 e. The molecule has 3 nitrogen and oxygen atoms in total. The first-order valence-corrected chi connectivity index (χ1v) is 22.4. The largest absolute Gasteiger partial charge is 0.305 e. The van der Waals surface area contributed by atoms with Crippen molar-refractivity contribution >= 4 is 44.8 Å². The zero-order chi connectivity index (χ0) is 37.0. The van der Waals surface area contributed by atoms with Gasteiger partial charge in [0.05, 0.1) is 8.07 Å². The van der Waals surface area contributed by atoms with Crippen molar-refractivity contribution in [3.05, 3.63) is 163 Å². The minimum atomic E-state index is -1.35. The van der Waals surface area contributed by atoms with Gasteiger partial charge in [0.2, 0.25) is 0 Å². The third-order valence-electron chi connectivity index (χ3n) is 9.32. The molecule has 0 saturated carbocycles. The Morgan fingerprint density at radius 3 is 2.15 bits per heavy atom. The Morgan fingerprint density at radius 1 is 0.741 bits per heavy atom. The second kappa shape index (κ2) is 17.0. The number of pyridine rings is 2. The summed E-state index contributed by atoms with van der Waals surface area (Å²) >= 11 is 1.84. The molecule has 8 aromatic rings. The standard InChI is InChI=1S/C27H22NS.C21H19N2Si.Ir/c1-18(2)15-19-13-14-28-25(16-19)23-10-6-9-22-24-17-21(20-7-4-3-5-8-20)11-12-26(24)29-27(22)23;1-24(2,3)19-11-12-21(23-15-19)17-9-10-18(14-22)20(13-17)16-7-5-4-6-8-16;/h3-9,11-14,16-18H,15H2,1-2H3;4-8,10-13,15H,1-3H3;/q2*-1;. The van der Waals surface area contributed by atoms with E-state index >= 15 is 0 Å². The first kappa shape index (κ1) is 38.7. The van der Waals surface area contributed by atoms with Gasteiger partial charge >= 0.3 is 0 Å². The molecule has 5 aromatic carbocycles. The van der Waals surface area contributed by atoms with Crippen LogP contribution in [0.25, 0.3) is 64.9 Å². The van der Waals surface area contributed by atoms with Crippen LogP contribution in [-0.2, 0) is 26.5 Å². The van der Waals surface area contributed by atoms with Crippen LogP contribution in [0.4, 0.5) is 0 Å². The van der Waals surface area contributed by atoms with E-state index in [2.05, 4.69) is 141 Å². The van der Waals surface area contributed by atoms with Crippen LogP contribution in [0.5, 0.6) is 0 Å². The van der Waals surface area contributed by atoms with E-state index in [0.717, 1.165) is 40.1 Å². The number of hydrogen-bond acceptors (Lipinski definition) is 4. The van der Waals surface area contributed by atoms with Gasteiger partial charge in [-0.3, -0.25) is 0 Å². The predicted octanol–water partition coefficient (Wildman–Crippen LogP) is 12.4. The van der Waals surface area contributed by atoms with Gasteiger partial charge in [0.25, 0.3) is 0 Å². The van der Waals surface area contributed by atoms with Crippen LogP contribution < -0.4 is 5.19 Å². The molecule has 6 heteroatoms. The molecule has 0 amide bonds. The SMILES string of the molecule is CC(C)Cc1ccnc(-c2[c-]ccc3c2sc2ccc(-c4ccccc4)cc23)c1.C[Si](C)(C)c1ccc(-c2[c-]cc(C#N)c(-c3ccccc3)c2)nc1.[Ir]. The molecular weight excluding hydrogens is 871 g/mol. The van der Waals surface area contributed by atoms with Crippen LogP contribution in [0.1, 0.15) is 25.0 Å². The molecule has 0 fully saturated rings. The summed E-state index contributed by atoms with van der Waals surface area (Å²) in [5.41, 5.74) is 10.3. The molecule has 54 heavy (non-hydrogen) atoms. The van der Waals surface area contributed by atoms with Crippen molar-refractivity contribution in [2.45, 2.75) is 39.9 Å². The van der Waals surface area contributed by atoms with Crippen LogP contribution >= 0.6 is 11.3 Å². The molecular formula is C48H41IrN3SSi-2. The van der Waals surface area contributed by atoms with E-state index in [1.165, 1.54) is 42.0 Å². The van der Waals surface area contributed by atoms with E-state index in [0.29, 0.717) is 11.5 Å². The zero-order valence-electron chi connectivity index (χ0n) is 31.1. The van der Waals surface area contributed by atoms with Gasteiger partial charge in [-0.05, 0) is 79.5 Å². The molecule has 3 heterocycles. The summed E-state index contributed by atoms with van der Waals surface area (Å²) in [7, 11) is -1.35. The number of aromatic nitrogens is 2. The van der Waals surface area contributed by atoms with Crippen molar-refractivity contribution in [3.63, 3.8) is 0 Å². The van der Waals surface area contributed by atoms with Crippen molar-refractivity contribution in [3.8, 4) is 50.8 Å². The van der Waals surface area contributed by atoms with Gasteiger partial charge in [-0.25, -0.2) is 5.26 Å². The Labute approximate surface area is 337 Å². The molecule has 0 N–H and O–H groups in total. The predicted molar refractivity (Wildman–Crippen MR) is 227 cm³/mol. The number of benzene rings is 5. The number of fused-ring (bicyclic) bond motifs is 3. The topological polar surface area (TPSA) is 49.6 Å². The number of nitriles is 1. The summed E-state index contributed by atoms with van der Waals surface area (Å²) in [6, 6.07) is 52.8. The summed E-state index contributed by atoms with van der Waals surface area (Å²) in [6.07, 6.45) is 4.98. The van der Waals surface area contributed by atoms with Gasteiger partial charge in [-0.15, -0.1) is 47.5 Å². The molecule has 8 rings (SSSR count). The third-order valence-corrected chi connectivity index (χ3v) is 12.6. The summed E-state index contributed by atoms with van der Waals surface area (Å²) in [5, 5.41) is 13.3. The molecule has 0 spiro atoms. The number of rotatable bonds is 7. The fourth-order valence-electron chi connectivity index (χ4n) is 6.54. The van der Waals surface area contributed by atoms with E-state index in [9.17, 15) is 5.26 Å². The van der Waals surface area contributed by atoms with E-state index in [1.807, 2.05) is 66.2 Å². The first-order chi connectivity index (χ1) is 25.7. The number of nitrogens with zero attached hydrogens (tertiary/aromatic N) is 3. The molecule has 1 radical (unpaired) electrons. The fraction of sp³-hybridized carbons (Fsp3) is 0.146. The van der Waals surface area contributed by atoms with Gasteiger partial charge in [0.1, 0.15) is 0 Å². The van der Waals surface area contributed by atoms with Crippen molar-refractivity contribution in [2.75, 3.05) is 0 Å². The molecule has 0 atom stereocenters. The van der Waals surface area contributed by atoms with E-state index in [-0.39, 0.29) is 20.1 Å². The van der Waals surface area contributed by atoms with Crippen LogP contribution in [-0.4, -0.2) is 18.0 Å². The van der Waals surface area contributed by atoms with Gasteiger partial charge in [0.15, 0.2) is 0 Å². The molecule has 0 bridgehead atoms. The fourth-order valence-corrected chi connectivity index (χ4v) is 8.76. The van der Waals surface area contributed by atoms with Gasteiger partial charge in [0, 0.05) is 43.3 Å². The Balaban J connectivity index is 0.000000184. The minimum Gasteiger partial charge on any atom is -0.305 e. The maximum absolute atomic E-state index is 9.39. The molecule has 3 aromatic heterocycles. The molecule has 0 aliphatic carbocycles. The number of thiophene rings is 1. The average molecular weight is 912 g/mol. The molecule has 0 unspecified atom stereocenters. The molecule has 0 saturated heterocycles. The van der Waals surface area contributed by atoms with Crippen LogP contribution in [0.3, 0.4) is 0 Å². The zero-order valence-corrected chi connectivity index (χ0v) is 35.4. The second-order valence-electron chi connectivity index (χ2n) is 14.8. The average Bonchev–Trinajstić information content (AvgIpc) is 3.56. The summed E-state index contributed by atoms with van der Waals surface area (Å²) in [6.45, 7) is 11.4. The normalized spacial score (nSPS) is 11.1. The first-order valence-electron chi connectivity index (χ1n) is 18.0. The van der Waals surface area contributed by atoms with E-state index < -0.39 is 8.07 Å². The van der Waals surface area contributed by atoms with Gasteiger partial charge in [-0.2, -0.15) is 11.3 Å². The number of hydrogen-bond donors (Lipinski definition) is 0. The summed E-state index contributed by atoms with van der Waals surface area (Å²) in [5.74, 6) is 0.630. The van der Waals surface area contributed by atoms with Crippen molar-refractivity contribution < 1.29 is 20.1 Å². The van der Waals surface area contributed by atoms with Crippen LogP contribution in [0.2, 0.25) is 19.6 Å². The maximum atomic E-state index is 9.39. The van der Waals surface area contributed by atoms with Crippen molar-refractivity contribution in [1.82, 2.24) is 9.97 Å². The third kappa shape index (κ3) is 8.68. The molecule has 0 aliphatic heterocycles. The van der Waals surface area contributed by atoms with Crippen molar-refractivity contribution in [1.29, 1.82) is 5.26 Å². The van der Waals surface area contributed by atoms with Gasteiger partial charge < -0.3 is 9.97 Å². The Morgan fingerprint density at radius 2 is 1.48 bits per heavy atom. The molecule has 0 aliphatic rings. The summed E-state index contributed by atoms with van der Waals surface area (Å²) < 4.78 is 2.57. The molecule has 269 valence electrons. The van der Waals surface area contributed by atoms with Gasteiger partial charge in [-0.1, -0.05) is 135 Å². The van der Waals surface area contributed by atoms with E-state index in [4.69, 9.17) is 0 Å². The van der Waals surface area contributed by atoms with Crippen LogP contribution in [0.15, 0.2) is 140 Å². The second-order valence-corrected chi connectivity index (χ2v) is 20.9. The van der Waals surface area contributed by atoms with Crippen LogP contribution in [0, 0.1) is 29.4 Å². The monoisotopic (exact) mass is 912 g/mol. The maximum Gasteiger partial charge on any atom is 0.0795 e. The Bertz CT molecular complexity index is 2550. The summed E-state index contributed by atoms with van der Waals surface area (Å²) in [4.78, 5) is 9.30. The quantitative estimate of drug-likeness (QED) is 0.118. The van der Waals surface area contributed by atoms with Crippen molar-refractivity contribution in [2.24, 2.45) is 5.92 Å². The van der Waals surface area contributed by atoms with E-state index in [1.54, 1.807) is 6.07 Å².